The standard InChI is InChI=1S/C21H21BrN2O6/c1-28-16-7-8-17(18(10-16)29-2)24-11-13(9-20(24)26)21(27)30-12-19(25)23-15-5-3-14(22)4-6-15/h3-8,10,13H,9,11-12H2,1-2H3,(H,23,25)/t13-/m1/s1. The Morgan fingerprint density at radius 3 is 2.53 bits per heavy atom. The number of hydrogen-bond acceptors (Lipinski definition) is 6. The van der Waals surface area contributed by atoms with E-state index in [0.717, 1.165) is 4.47 Å². The van der Waals surface area contributed by atoms with Gasteiger partial charge in [-0.3, -0.25) is 14.4 Å². The van der Waals surface area contributed by atoms with Gasteiger partial charge in [-0.1, -0.05) is 15.9 Å². The molecule has 1 aliphatic rings. The maximum atomic E-state index is 12.5. The lowest BCUT2D eigenvalue weighted by atomic mass is 10.1. The second kappa shape index (κ2) is 9.62. The number of anilines is 2. The minimum atomic E-state index is -0.662. The fraction of sp³-hybridized carbons (Fsp3) is 0.286. The molecule has 0 aliphatic carbocycles. The van der Waals surface area contributed by atoms with Gasteiger partial charge in [0.2, 0.25) is 5.91 Å². The van der Waals surface area contributed by atoms with Gasteiger partial charge in [-0.15, -0.1) is 0 Å². The lowest BCUT2D eigenvalue weighted by Crippen LogP contribution is -2.28. The minimum absolute atomic E-state index is 0.00233. The molecule has 30 heavy (non-hydrogen) atoms. The molecule has 8 nitrogen and oxygen atoms in total. The van der Waals surface area contributed by atoms with E-state index in [9.17, 15) is 14.4 Å². The van der Waals surface area contributed by atoms with Gasteiger partial charge >= 0.3 is 5.97 Å². The van der Waals surface area contributed by atoms with E-state index in [1.54, 1.807) is 42.5 Å². The first-order valence-corrected chi connectivity index (χ1v) is 9.95. The molecule has 2 aromatic carbocycles. The Labute approximate surface area is 182 Å². The number of hydrogen-bond donors (Lipinski definition) is 1. The van der Waals surface area contributed by atoms with E-state index >= 15 is 0 Å². The second-order valence-electron chi connectivity index (χ2n) is 6.61. The number of methoxy groups -OCH3 is 2. The van der Waals surface area contributed by atoms with Crippen molar-refractivity contribution >= 4 is 45.1 Å². The zero-order valence-electron chi connectivity index (χ0n) is 16.5. The van der Waals surface area contributed by atoms with Crippen molar-refractivity contribution in [2.24, 2.45) is 5.92 Å². The van der Waals surface area contributed by atoms with Crippen LogP contribution in [0.5, 0.6) is 11.5 Å². The van der Waals surface area contributed by atoms with E-state index < -0.39 is 24.4 Å². The average Bonchev–Trinajstić information content (AvgIpc) is 3.14. The number of ether oxygens (including phenoxy) is 3. The van der Waals surface area contributed by atoms with Gasteiger partial charge in [0.05, 0.1) is 25.8 Å². The number of amides is 2. The number of esters is 1. The van der Waals surface area contributed by atoms with Crippen LogP contribution in [0.2, 0.25) is 0 Å². The van der Waals surface area contributed by atoms with Crippen molar-refractivity contribution in [3.05, 3.63) is 46.9 Å². The van der Waals surface area contributed by atoms with Crippen LogP contribution in [0.1, 0.15) is 6.42 Å². The molecule has 1 N–H and O–H groups in total. The van der Waals surface area contributed by atoms with Gasteiger partial charge in [0, 0.05) is 29.2 Å². The molecule has 1 saturated heterocycles. The van der Waals surface area contributed by atoms with E-state index in [1.807, 2.05) is 0 Å². The Balaban J connectivity index is 1.57. The molecule has 158 valence electrons. The fourth-order valence-electron chi connectivity index (χ4n) is 3.09. The molecule has 1 aliphatic heterocycles. The van der Waals surface area contributed by atoms with Gasteiger partial charge in [-0.2, -0.15) is 0 Å². The molecule has 0 bridgehead atoms. The number of benzene rings is 2. The third kappa shape index (κ3) is 5.10. The van der Waals surface area contributed by atoms with E-state index in [0.29, 0.717) is 22.9 Å². The lowest BCUT2D eigenvalue weighted by molar-refractivity contribution is -0.151. The molecule has 1 fully saturated rings. The third-order valence-electron chi connectivity index (χ3n) is 4.61. The van der Waals surface area contributed by atoms with Gasteiger partial charge in [0.25, 0.3) is 5.91 Å². The molecule has 1 heterocycles. The quantitative estimate of drug-likeness (QED) is 0.617. The predicted octanol–water partition coefficient (Wildman–Crippen LogP) is 3.00. The van der Waals surface area contributed by atoms with Crippen molar-refractivity contribution < 1.29 is 28.6 Å². The van der Waals surface area contributed by atoms with Crippen LogP contribution in [0.3, 0.4) is 0 Å². The van der Waals surface area contributed by atoms with Crippen LogP contribution >= 0.6 is 15.9 Å². The highest BCUT2D eigenvalue weighted by atomic mass is 79.9. The zero-order valence-corrected chi connectivity index (χ0v) is 18.1. The molecular weight excluding hydrogens is 456 g/mol. The molecule has 0 spiro atoms. The number of nitrogens with one attached hydrogen (secondary N) is 1. The number of rotatable bonds is 7. The summed E-state index contributed by atoms with van der Waals surface area (Å²) in [5.74, 6) is -0.877. The third-order valence-corrected chi connectivity index (χ3v) is 5.14. The highest BCUT2D eigenvalue weighted by Gasteiger charge is 2.37. The Bertz CT molecular complexity index is 947. The maximum absolute atomic E-state index is 12.5. The largest absolute Gasteiger partial charge is 0.497 e. The van der Waals surface area contributed by atoms with Crippen LogP contribution in [0.4, 0.5) is 11.4 Å². The minimum Gasteiger partial charge on any atom is -0.497 e. The SMILES string of the molecule is COc1ccc(N2C[C@H](C(=O)OCC(=O)Nc3ccc(Br)cc3)CC2=O)c(OC)c1. The monoisotopic (exact) mass is 476 g/mol. The maximum Gasteiger partial charge on any atom is 0.311 e. The van der Waals surface area contributed by atoms with Crippen LogP contribution in [-0.4, -0.2) is 45.2 Å². The first kappa shape index (κ1) is 21.6. The molecule has 0 aromatic heterocycles. The van der Waals surface area contributed by atoms with Crippen LogP contribution in [0.25, 0.3) is 0 Å². The van der Waals surface area contributed by atoms with Crippen molar-refractivity contribution in [1.82, 2.24) is 0 Å². The van der Waals surface area contributed by atoms with Crippen molar-refractivity contribution in [3.8, 4) is 11.5 Å². The summed E-state index contributed by atoms with van der Waals surface area (Å²) in [6, 6.07) is 12.1. The van der Waals surface area contributed by atoms with E-state index in [4.69, 9.17) is 14.2 Å². The van der Waals surface area contributed by atoms with Crippen molar-refractivity contribution in [2.75, 3.05) is 37.6 Å². The summed E-state index contributed by atoms with van der Waals surface area (Å²) in [4.78, 5) is 38.3. The number of nitrogens with zero attached hydrogens (tertiary/aromatic N) is 1. The normalized spacial score (nSPS) is 15.6. The number of carbonyl (C=O) groups is 3. The van der Waals surface area contributed by atoms with E-state index in [1.165, 1.54) is 19.1 Å². The van der Waals surface area contributed by atoms with Gasteiger partial charge in [0.1, 0.15) is 11.5 Å². The van der Waals surface area contributed by atoms with Gasteiger partial charge < -0.3 is 24.4 Å². The lowest BCUT2D eigenvalue weighted by Gasteiger charge is -2.20. The Hall–Kier alpha value is -3.07. The predicted molar refractivity (Wildman–Crippen MR) is 114 cm³/mol. The van der Waals surface area contributed by atoms with Gasteiger partial charge in [0.15, 0.2) is 6.61 Å². The fourth-order valence-corrected chi connectivity index (χ4v) is 3.36. The average molecular weight is 477 g/mol. The Morgan fingerprint density at radius 2 is 1.87 bits per heavy atom. The first-order valence-electron chi connectivity index (χ1n) is 9.15. The summed E-state index contributed by atoms with van der Waals surface area (Å²) in [5.41, 5.74) is 1.14. The summed E-state index contributed by atoms with van der Waals surface area (Å²) >= 11 is 3.31. The van der Waals surface area contributed by atoms with Gasteiger partial charge in [-0.25, -0.2) is 0 Å². The second-order valence-corrected chi connectivity index (χ2v) is 7.52. The highest BCUT2D eigenvalue weighted by Crippen LogP contribution is 2.36. The first-order chi connectivity index (χ1) is 14.4. The van der Waals surface area contributed by atoms with Crippen LogP contribution in [-0.2, 0) is 19.1 Å². The van der Waals surface area contributed by atoms with E-state index in [2.05, 4.69) is 21.2 Å². The molecule has 3 rings (SSSR count). The molecule has 0 radical (unpaired) electrons. The molecule has 2 amide bonds. The zero-order chi connectivity index (χ0) is 21.7. The molecule has 2 aromatic rings. The smallest absolute Gasteiger partial charge is 0.311 e. The van der Waals surface area contributed by atoms with Crippen molar-refractivity contribution in [1.29, 1.82) is 0 Å². The number of carbonyl (C=O) groups excluding carboxylic acids is 3. The van der Waals surface area contributed by atoms with Crippen LogP contribution < -0.4 is 19.7 Å². The Morgan fingerprint density at radius 1 is 1.13 bits per heavy atom. The summed E-state index contributed by atoms with van der Waals surface area (Å²) in [7, 11) is 3.03. The summed E-state index contributed by atoms with van der Waals surface area (Å²) in [6.45, 7) is -0.278. The summed E-state index contributed by atoms with van der Waals surface area (Å²) in [6.07, 6.45) is 0.00233. The summed E-state index contributed by atoms with van der Waals surface area (Å²) in [5, 5.41) is 2.64. The topological polar surface area (TPSA) is 94.2 Å². The molecular formula is C21H21BrN2O6. The van der Waals surface area contributed by atoms with Crippen LogP contribution in [0.15, 0.2) is 46.9 Å². The van der Waals surface area contributed by atoms with Gasteiger partial charge in [-0.05, 0) is 36.4 Å². The Kier molecular flexibility index (Phi) is 6.94. The molecule has 0 saturated carbocycles. The molecule has 9 heteroatoms. The van der Waals surface area contributed by atoms with Crippen molar-refractivity contribution in [3.63, 3.8) is 0 Å². The summed E-state index contributed by atoms with van der Waals surface area (Å²) < 4.78 is 16.5. The number of halogens is 1. The van der Waals surface area contributed by atoms with Crippen molar-refractivity contribution in [2.45, 2.75) is 6.42 Å². The highest BCUT2D eigenvalue weighted by molar-refractivity contribution is 9.10. The molecule has 0 unspecified atom stereocenters. The molecule has 1 atom stereocenters. The van der Waals surface area contributed by atoms with Crippen LogP contribution in [0, 0.1) is 5.92 Å². The van der Waals surface area contributed by atoms with E-state index in [-0.39, 0.29) is 18.9 Å².